The van der Waals surface area contributed by atoms with Gasteiger partial charge in [-0.15, -0.1) is 22.7 Å². The number of H-pyrrole nitrogens is 3. The predicted octanol–water partition coefficient (Wildman–Crippen LogP) is 29.0. The van der Waals surface area contributed by atoms with E-state index in [1.165, 1.54) is 16.4 Å². The van der Waals surface area contributed by atoms with Crippen molar-refractivity contribution in [1.29, 1.82) is 0 Å². The van der Waals surface area contributed by atoms with Crippen LogP contribution in [0.2, 0.25) is 0 Å². The van der Waals surface area contributed by atoms with Crippen LogP contribution in [-0.4, -0.2) is 69.3 Å². The average Bonchev–Trinajstić information content (AvgIpc) is 4.32. The largest absolute Gasteiger partial charge is 0.365 e. The molecule has 0 aliphatic rings. The second-order valence-corrected chi connectivity index (χ2v) is 14.2. The number of aryl methyl sites for hydroxylation is 10. The lowest BCUT2D eigenvalue weighted by Crippen LogP contribution is -1.76. The van der Waals surface area contributed by atoms with Gasteiger partial charge in [0.15, 0.2) is 0 Å². The molecule has 20 heteroatoms. The van der Waals surface area contributed by atoms with E-state index in [-0.39, 0.29) is 104 Å². The van der Waals surface area contributed by atoms with Crippen LogP contribution in [0.5, 0.6) is 0 Å². The van der Waals surface area contributed by atoms with Gasteiger partial charge in [-0.05, 0) is 79.9 Å². The molecule has 0 aromatic carbocycles. The van der Waals surface area contributed by atoms with Crippen LogP contribution in [0.1, 0.15) is 293 Å². The minimum atomic E-state index is 0. The predicted molar refractivity (Wildman–Crippen MR) is 445 cm³/mol. The minimum Gasteiger partial charge on any atom is -0.365 e. The average molecular weight is 1400 g/mol. The molecule has 10 rings (SSSR count). The summed E-state index contributed by atoms with van der Waals surface area (Å²) in [7, 11) is 1.94. The van der Waals surface area contributed by atoms with Crippen molar-refractivity contribution < 1.29 is 13.6 Å². The first kappa shape index (κ1) is 162. The molecule has 0 spiro atoms. The van der Waals surface area contributed by atoms with Crippen molar-refractivity contribution in [3.05, 3.63) is 178 Å². The maximum Gasteiger partial charge on any atom is 0.133 e. The van der Waals surface area contributed by atoms with E-state index in [9.17, 15) is 0 Å². The maximum atomic E-state index is 4.58. The Labute approximate surface area is 603 Å². The van der Waals surface area contributed by atoms with Gasteiger partial charge in [0.25, 0.3) is 0 Å². The summed E-state index contributed by atoms with van der Waals surface area (Å²) < 4.78 is 19.4. The number of hydrogen-bond donors (Lipinski definition) is 3. The fourth-order valence-corrected chi connectivity index (χ4v) is 4.46. The van der Waals surface area contributed by atoms with Crippen LogP contribution in [0.4, 0.5) is 0 Å². The van der Waals surface area contributed by atoms with Crippen molar-refractivity contribution in [3.8, 4) is 0 Å². The first-order valence-corrected chi connectivity index (χ1v) is 30.5. The summed E-state index contributed by atoms with van der Waals surface area (Å²) in [5.74, 6) is 1.82. The molecule has 572 valence electrons. The fourth-order valence-electron chi connectivity index (χ4n) is 2.96. The third-order valence-corrected chi connectivity index (χ3v) is 7.97. The van der Waals surface area contributed by atoms with E-state index in [0.29, 0.717) is 0 Å². The fraction of sp³-hybridized carbons (Fsp3) is 0.595. The van der Waals surface area contributed by atoms with Gasteiger partial charge in [0.05, 0.1) is 53.8 Å². The third kappa shape index (κ3) is 151. The Morgan fingerprint density at radius 3 is 1.02 bits per heavy atom. The Morgan fingerprint density at radius 1 is 0.447 bits per heavy atom. The molecule has 0 unspecified atom stereocenters. The molecular formula is C74H170N14O3S3. The summed E-state index contributed by atoms with van der Waals surface area (Å²) in [5, 5.41) is 14.4. The molecule has 0 bridgehead atoms. The zero-order valence-electron chi connectivity index (χ0n) is 55.5. The highest BCUT2D eigenvalue weighted by Crippen LogP contribution is 2.00. The molecule has 0 fully saturated rings. The highest BCUT2D eigenvalue weighted by molar-refractivity contribution is 7.09. The van der Waals surface area contributed by atoms with Crippen molar-refractivity contribution in [2.75, 3.05) is 0 Å². The zero-order chi connectivity index (χ0) is 64.1. The van der Waals surface area contributed by atoms with E-state index < -0.39 is 0 Å². The molecule has 0 atom stereocenters. The molecule has 3 N–H and O–H groups in total. The standard InChI is InChI=1S/4C4H6N2.3C4H5NO.3C4H5NS.10C2H6.14CH4/c2*1-4-2-5-3-6-4;1-6-3-2-5-4-6;1-4-5-2-3-6-4;1-4-2-5-6-3-4;1-4-2-3-6-5-4;1-4-2-3-5-6-4;1-4-2-6-3-5-4;1-4-2-5-3-6-4;1-4-2-3-6-5-4;10*1-2;;;;;;;;;;;;;;/h2*2-3H,1H3,(H,5,6);2-4H,1H3;2-3H,1H3,(H,5,6);6*2-3H,1H3;10*1-2H3;14*1H4. The molecule has 0 saturated heterocycles. The van der Waals surface area contributed by atoms with Crippen LogP contribution in [0.15, 0.2) is 141 Å². The number of imidazole rings is 4. The SMILES string of the molecule is C.C.C.C.C.C.C.C.C.C.C.C.C.C.CC.CC.CC.CC.CC.CC.CC.CC.CC.CC.Cc1ccno1.Cc1ccon1.Cc1ccsn1.Cc1cnc[nH]1.Cc1cnc[nH]1.Cc1cncs1.Cc1cnoc1.Cc1cscn1.Cc1ncc[nH]1.Cn1ccnc1. The van der Waals surface area contributed by atoms with Crippen molar-refractivity contribution in [2.45, 2.75) is 305 Å². The van der Waals surface area contributed by atoms with Crippen LogP contribution in [0, 0.1) is 62.3 Å². The van der Waals surface area contributed by atoms with E-state index in [2.05, 4.69) is 78.3 Å². The van der Waals surface area contributed by atoms with E-state index in [0.717, 1.165) is 45.6 Å². The van der Waals surface area contributed by atoms with Gasteiger partial charge in [0, 0.05) is 101 Å². The highest BCUT2D eigenvalue weighted by atomic mass is 32.1. The van der Waals surface area contributed by atoms with Crippen molar-refractivity contribution >= 4 is 34.2 Å². The molecule has 10 aromatic rings. The number of nitrogens with one attached hydrogen (secondary N) is 3. The molecule has 94 heavy (non-hydrogen) atoms. The first-order valence-electron chi connectivity index (χ1n) is 27.9. The summed E-state index contributed by atoms with van der Waals surface area (Å²) in [5.41, 5.74) is 10.1. The van der Waals surface area contributed by atoms with E-state index in [1.807, 2.05) is 253 Å². The van der Waals surface area contributed by atoms with Gasteiger partial charge in [-0.3, -0.25) is 9.97 Å². The Bertz CT molecular complexity index is 1670. The molecule has 0 radical (unpaired) electrons. The Morgan fingerprint density at radius 2 is 0.926 bits per heavy atom. The monoisotopic (exact) mass is 1400 g/mol. The van der Waals surface area contributed by atoms with Crippen LogP contribution in [0.25, 0.3) is 0 Å². The van der Waals surface area contributed by atoms with E-state index in [1.54, 1.807) is 110 Å². The molecule has 17 nitrogen and oxygen atoms in total. The first-order chi connectivity index (χ1) is 38.9. The lowest BCUT2D eigenvalue weighted by Gasteiger charge is -1.76. The topological polar surface area (TPSA) is 221 Å². The lowest BCUT2D eigenvalue weighted by molar-refractivity contribution is 0.397. The normalized spacial score (nSPS) is 6.28. The minimum absolute atomic E-state index is 0. The lowest BCUT2D eigenvalue weighted by atomic mass is 10.4. The van der Waals surface area contributed by atoms with Gasteiger partial charge in [0.1, 0.15) is 24.1 Å². The smallest absolute Gasteiger partial charge is 0.133 e. The molecule has 10 heterocycles. The quantitative estimate of drug-likeness (QED) is 0.129. The molecule has 0 aliphatic heterocycles. The van der Waals surface area contributed by atoms with Gasteiger partial charge < -0.3 is 33.1 Å². The zero-order valence-corrected chi connectivity index (χ0v) is 57.9. The molecule has 0 aliphatic carbocycles. The van der Waals surface area contributed by atoms with Crippen molar-refractivity contribution in [2.24, 2.45) is 7.05 Å². The maximum absolute atomic E-state index is 4.58. The molecular weight excluding hydrogens is 1230 g/mol. The summed E-state index contributed by atoms with van der Waals surface area (Å²) >= 11 is 4.78. The third-order valence-electron chi connectivity index (χ3n) is 5.91. The Kier molecular flexibility index (Phi) is 271. The van der Waals surface area contributed by atoms with Crippen LogP contribution < -0.4 is 0 Å². The number of aromatic amines is 3. The van der Waals surface area contributed by atoms with Crippen molar-refractivity contribution in [3.63, 3.8) is 0 Å². The summed E-state index contributed by atoms with van der Waals surface area (Å²) in [6.45, 7) is 57.5. The van der Waals surface area contributed by atoms with Gasteiger partial charge in [-0.2, -0.15) is 4.37 Å². The number of hydrogen-bond acceptors (Lipinski definition) is 16. The number of rotatable bonds is 0. The van der Waals surface area contributed by atoms with E-state index >= 15 is 0 Å². The molecule has 0 amide bonds. The highest BCUT2D eigenvalue weighted by Gasteiger charge is 1.81. The van der Waals surface area contributed by atoms with Crippen LogP contribution in [0.3, 0.4) is 0 Å². The van der Waals surface area contributed by atoms with Gasteiger partial charge in [-0.1, -0.05) is 258 Å². The number of thiazole rings is 2. The Hall–Kier alpha value is -6.64. The number of nitrogens with zero attached hydrogens (tertiary/aromatic N) is 11. The van der Waals surface area contributed by atoms with Gasteiger partial charge in [0.2, 0.25) is 0 Å². The van der Waals surface area contributed by atoms with Crippen LogP contribution in [-0.2, 0) is 7.05 Å². The molecule has 10 aromatic heterocycles. The van der Waals surface area contributed by atoms with Gasteiger partial charge >= 0.3 is 0 Å². The van der Waals surface area contributed by atoms with Gasteiger partial charge in [-0.25, -0.2) is 19.9 Å². The van der Waals surface area contributed by atoms with Crippen LogP contribution >= 0.6 is 34.2 Å². The second-order valence-electron chi connectivity index (χ2n) is 11.7. The van der Waals surface area contributed by atoms with Crippen molar-refractivity contribution in [1.82, 2.24) is 69.3 Å². The summed E-state index contributed by atoms with van der Waals surface area (Å²) in [4.78, 5) is 32.9. The summed E-state index contributed by atoms with van der Waals surface area (Å²) in [6.07, 6.45) is 24.1. The second kappa shape index (κ2) is 157. The number of aromatic nitrogens is 14. The molecule has 0 saturated carbocycles. The van der Waals surface area contributed by atoms with E-state index in [4.69, 9.17) is 0 Å². The summed E-state index contributed by atoms with van der Waals surface area (Å²) in [6, 6.07) is 5.60. The Balaban J connectivity index is -0.0000000252.